The second kappa shape index (κ2) is 7.51. The molecule has 2 aliphatic heterocycles. The van der Waals surface area contributed by atoms with Gasteiger partial charge in [0.1, 0.15) is 5.75 Å². The summed E-state index contributed by atoms with van der Waals surface area (Å²) in [6, 6.07) is 8.28. The van der Waals surface area contributed by atoms with Crippen molar-refractivity contribution in [2.24, 2.45) is 0 Å². The smallest absolute Gasteiger partial charge is 0.142 e. The molecule has 0 spiro atoms. The minimum absolute atomic E-state index is 0.552. The van der Waals surface area contributed by atoms with Gasteiger partial charge in [-0.15, -0.1) is 0 Å². The normalized spacial score (nSPS) is 26.3. The molecule has 0 aliphatic carbocycles. The number of ether oxygens (including phenoxy) is 1. The number of β-amino-alcohol motifs (C(OH)–C–C–N with tert-alkyl or cyclic N) is 1. The number of hydrogen-bond acceptors (Lipinski definition) is 5. The van der Waals surface area contributed by atoms with Crippen LogP contribution in [-0.4, -0.2) is 68.0 Å². The Morgan fingerprint density at radius 2 is 2.00 bits per heavy atom. The number of nitrogens with one attached hydrogen (secondary N) is 1. The van der Waals surface area contributed by atoms with E-state index in [9.17, 15) is 5.11 Å². The van der Waals surface area contributed by atoms with E-state index in [2.05, 4.69) is 27.2 Å². The molecule has 2 saturated heterocycles. The fourth-order valence-electron chi connectivity index (χ4n) is 3.65. The third-order valence-corrected chi connectivity index (χ3v) is 4.85. The van der Waals surface area contributed by atoms with Gasteiger partial charge in [0.2, 0.25) is 0 Å². The fourth-order valence-corrected chi connectivity index (χ4v) is 3.65. The molecular formula is C18H29N3O2. The molecule has 0 aromatic heterocycles. The Kier molecular flexibility index (Phi) is 5.41. The summed E-state index contributed by atoms with van der Waals surface area (Å²) in [7, 11) is 0. The van der Waals surface area contributed by atoms with Crippen molar-refractivity contribution in [1.29, 1.82) is 0 Å². The molecule has 1 aromatic rings. The molecule has 5 nitrogen and oxygen atoms in total. The average molecular weight is 319 g/mol. The molecule has 2 N–H and O–H groups in total. The van der Waals surface area contributed by atoms with E-state index in [0.29, 0.717) is 6.61 Å². The van der Waals surface area contributed by atoms with Gasteiger partial charge in [-0.1, -0.05) is 12.1 Å². The van der Waals surface area contributed by atoms with Crippen molar-refractivity contribution in [3.05, 3.63) is 24.3 Å². The lowest BCUT2D eigenvalue weighted by Gasteiger charge is -2.42. The SMILES string of the molecule is CCOc1ccccc1N1CCN(CC2(O)CCCNC2)CC1. The Morgan fingerprint density at radius 1 is 1.22 bits per heavy atom. The van der Waals surface area contributed by atoms with Crippen LogP contribution in [0.15, 0.2) is 24.3 Å². The first-order valence-corrected chi connectivity index (χ1v) is 8.82. The molecule has 0 bridgehead atoms. The Labute approximate surface area is 139 Å². The van der Waals surface area contributed by atoms with Gasteiger partial charge >= 0.3 is 0 Å². The minimum atomic E-state index is -0.552. The molecule has 23 heavy (non-hydrogen) atoms. The van der Waals surface area contributed by atoms with Gasteiger partial charge in [0.15, 0.2) is 0 Å². The van der Waals surface area contributed by atoms with E-state index in [1.54, 1.807) is 0 Å². The summed E-state index contributed by atoms with van der Waals surface area (Å²) in [4.78, 5) is 4.79. The second-order valence-electron chi connectivity index (χ2n) is 6.67. The first-order valence-electron chi connectivity index (χ1n) is 8.82. The zero-order chi connectivity index (χ0) is 16.1. The summed E-state index contributed by atoms with van der Waals surface area (Å²) in [5.41, 5.74) is 0.635. The summed E-state index contributed by atoms with van der Waals surface area (Å²) in [6.45, 7) is 9.18. The molecule has 3 rings (SSSR count). The molecule has 1 atom stereocenters. The van der Waals surface area contributed by atoms with Crippen LogP contribution >= 0.6 is 0 Å². The molecular weight excluding hydrogens is 290 g/mol. The molecule has 2 fully saturated rings. The van der Waals surface area contributed by atoms with Crippen molar-refractivity contribution in [3.8, 4) is 5.75 Å². The van der Waals surface area contributed by atoms with Gasteiger partial charge in [-0.3, -0.25) is 4.90 Å². The Morgan fingerprint density at radius 3 is 2.70 bits per heavy atom. The third kappa shape index (κ3) is 4.16. The van der Waals surface area contributed by atoms with E-state index in [0.717, 1.165) is 64.4 Å². The molecule has 0 saturated carbocycles. The standard InChI is InChI=1S/C18H29N3O2/c1-2-23-17-7-4-3-6-16(17)21-12-10-20(11-13-21)15-18(22)8-5-9-19-14-18/h3-4,6-7,19,22H,2,5,8-15H2,1H3. The van der Waals surface area contributed by atoms with Crippen LogP contribution in [0.5, 0.6) is 5.75 Å². The van der Waals surface area contributed by atoms with Gasteiger partial charge in [0.25, 0.3) is 0 Å². The maximum Gasteiger partial charge on any atom is 0.142 e. The van der Waals surface area contributed by atoms with Crippen LogP contribution in [0, 0.1) is 0 Å². The van der Waals surface area contributed by atoms with Gasteiger partial charge < -0.3 is 20.1 Å². The van der Waals surface area contributed by atoms with Crippen molar-refractivity contribution in [2.45, 2.75) is 25.4 Å². The quantitative estimate of drug-likeness (QED) is 0.857. The first kappa shape index (κ1) is 16.6. The number of nitrogens with zero attached hydrogens (tertiary/aromatic N) is 2. The Balaban J connectivity index is 1.56. The number of aliphatic hydroxyl groups is 1. The number of piperidine rings is 1. The molecule has 2 aliphatic rings. The van der Waals surface area contributed by atoms with E-state index in [4.69, 9.17) is 4.74 Å². The van der Waals surface area contributed by atoms with Gasteiger partial charge in [0.05, 0.1) is 17.9 Å². The number of anilines is 1. The molecule has 1 aromatic carbocycles. The summed E-state index contributed by atoms with van der Waals surface area (Å²) >= 11 is 0. The second-order valence-corrected chi connectivity index (χ2v) is 6.67. The lowest BCUT2D eigenvalue weighted by Crippen LogP contribution is -2.56. The van der Waals surface area contributed by atoms with Crippen molar-refractivity contribution >= 4 is 5.69 Å². The van der Waals surface area contributed by atoms with Gasteiger partial charge in [0, 0.05) is 39.3 Å². The predicted molar refractivity (Wildman–Crippen MR) is 93.3 cm³/mol. The molecule has 128 valence electrons. The highest BCUT2D eigenvalue weighted by atomic mass is 16.5. The van der Waals surface area contributed by atoms with Crippen molar-refractivity contribution < 1.29 is 9.84 Å². The van der Waals surface area contributed by atoms with Crippen LogP contribution in [0.2, 0.25) is 0 Å². The highest BCUT2D eigenvalue weighted by Crippen LogP contribution is 2.29. The Bertz CT molecular complexity index is 495. The largest absolute Gasteiger partial charge is 0.492 e. The van der Waals surface area contributed by atoms with Gasteiger partial charge in [-0.2, -0.15) is 0 Å². The van der Waals surface area contributed by atoms with Crippen LogP contribution in [0.25, 0.3) is 0 Å². The number of hydrogen-bond donors (Lipinski definition) is 2. The number of para-hydroxylation sites is 2. The van der Waals surface area contributed by atoms with E-state index < -0.39 is 5.60 Å². The predicted octanol–water partition coefficient (Wildman–Crippen LogP) is 1.32. The van der Waals surface area contributed by atoms with Crippen molar-refractivity contribution in [1.82, 2.24) is 10.2 Å². The van der Waals surface area contributed by atoms with Crippen LogP contribution in [-0.2, 0) is 0 Å². The lowest BCUT2D eigenvalue weighted by molar-refractivity contribution is -0.0164. The molecule has 0 radical (unpaired) electrons. The maximum absolute atomic E-state index is 10.7. The van der Waals surface area contributed by atoms with E-state index in [-0.39, 0.29) is 0 Å². The van der Waals surface area contributed by atoms with Crippen LogP contribution in [0.4, 0.5) is 5.69 Å². The van der Waals surface area contributed by atoms with Gasteiger partial charge in [-0.25, -0.2) is 0 Å². The number of rotatable bonds is 5. The number of piperazine rings is 1. The summed E-state index contributed by atoms with van der Waals surface area (Å²) in [5.74, 6) is 0.971. The lowest BCUT2D eigenvalue weighted by atomic mass is 9.93. The maximum atomic E-state index is 10.7. The highest BCUT2D eigenvalue weighted by Gasteiger charge is 2.32. The van der Waals surface area contributed by atoms with Crippen LogP contribution in [0.3, 0.4) is 0 Å². The first-order chi connectivity index (χ1) is 11.2. The topological polar surface area (TPSA) is 48.0 Å². The van der Waals surface area contributed by atoms with Crippen molar-refractivity contribution in [2.75, 3.05) is 57.3 Å². The fraction of sp³-hybridized carbons (Fsp3) is 0.667. The van der Waals surface area contributed by atoms with E-state index >= 15 is 0 Å². The minimum Gasteiger partial charge on any atom is -0.492 e. The van der Waals surface area contributed by atoms with Gasteiger partial charge in [-0.05, 0) is 38.4 Å². The van der Waals surface area contributed by atoms with E-state index in [1.165, 1.54) is 5.69 Å². The van der Waals surface area contributed by atoms with Crippen molar-refractivity contribution in [3.63, 3.8) is 0 Å². The summed E-state index contributed by atoms with van der Waals surface area (Å²) in [6.07, 6.45) is 1.98. The monoisotopic (exact) mass is 319 g/mol. The highest BCUT2D eigenvalue weighted by molar-refractivity contribution is 5.58. The molecule has 2 heterocycles. The third-order valence-electron chi connectivity index (χ3n) is 4.85. The van der Waals surface area contributed by atoms with E-state index in [1.807, 2.05) is 19.1 Å². The molecule has 5 heteroatoms. The zero-order valence-electron chi connectivity index (χ0n) is 14.1. The number of benzene rings is 1. The molecule has 0 amide bonds. The summed E-state index contributed by atoms with van der Waals surface area (Å²) < 4.78 is 5.75. The Hall–Kier alpha value is -1.30. The van der Waals surface area contributed by atoms with Crippen LogP contribution < -0.4 is 15.0 Å². The zero-order valence-corrected chi connectivity index (χ0v) is 14.1. The molecule has 1 unspecified atom stereocenters. The van der Waals surface area contributed by atoms with Crippen LogP contribution in [0.1, 0.15) is 19.8 Å². The summed E-state index contributed by atoms with van der Waals surface area (Å²) in [5, 5.41) is 14.0. The average Bonchev–Trinajstić information content (AvgIpc) is 2.57.